The Bertz CT molecular complexity index is 796. The molecule has 28 heavy (non-hydrogen) atoms. The van der Waals surface area contributed by atoms with E-state index in [0.717, 1.165) is 23.1 Å². The first-order valence-corrected chi connectivity index (χ1v) is 9.53. The predicted octanol–water partition coefficient (Wildman–Crippen LogP) is 2.95. The second-order valence-electron chi connectivity index (χ2n) is 7.80. The van der Waals surface area contributed by atoms with E-state index < -0.39 is 35.4 Å². The quantitative estimate of drug-likeness (QED) is 0.600. The van der Waals surface area contributed by atoms with Crippen LogP contribution in [0.2, 0.25) is 0 Å². The van der Waals surface area contributed by atoms with Crippen LogP contribution in [0.25, 0.3) is 0 Å². The minimum atomic E-state index is -0.956. The molecule has 5 nitrogen and oxygen atoms in total. The highest BCUT2D eigenvalue weighted by Gasteiger charge is 2.51. The Hall–Kier alpha value is -2.57. The maximum absolute atomic E-state index is 13.8. The first-order valence-electron chi connectivity index (χ1n) is 9.53. The Labute approximate surface area is 162 Å². The Morgan fingerprint density at radius 2 is 1.75 bits per heavy atom. The number of hydrogen-bond donors (Lipinski definition) is 1. The van der Waals surface area contributed by atoms with E-state index in [0.29, 0.717) is 19.3 Å². The first kappa shape index (κ1) is 20.2. The molecule has 1 aromatic carbocycles. The average molecular weight is 390 g/mol. The monoisotopic (exact) mass is 390 g/mol. The molecule has 0 saturated carbocycles. The lowest BCUT2D eigenvalue weighted by molar-refractivity contribution is -0.148. The number of imide groups is 1. The molecule has 0 spiro atoms. The summed E-state index contributed by atoms with van der Waals surface area (Å²) in [4.78, 5) is 39.6. The van der Waals surface area contributed by atoms with Crippen molar-refractivity contribution in [2.45, 2.75) is 45.7 Å². The molecule has 1 N–H and O–H groups in total. The summed E-state index contributed by atoms with van der Waals surface area (Å²) in [5.41, 5.74) is 0.00795. The molecule has 0 aromatic heterocycles. The molecule has 3 atom stereocenters. The molecular weight excluding hydrogens is 366 g/mol. The SMILES string of the molecule is CC(C)CC(C(=O)NCc1cc(F)ccc1F)N1C(=O)C2CC=CCC2C1=O. The maximum atomic E-state index is 13.8. The van der Waals surface area contributed by atoms with E-state index in [1.807, 2.05) is 26.0 Å². The number of likely N-dealkylation sites (tertiary alicyclic amines) is 1. The summed E-state index contributed by atoms with van der Waals surface area (Å²) >= 11 is 0. The fourth-order valence-corrected chi connectivity index (χ4v) is 3.89. The highest BCUT2D eigenvalue weighted by molar-refractivity contribution is 6.08. The number of amides is 3. The summed E-state index contributed by atoms with van der Waals surface area (Å²) in [5.74, 6) is -3.19. The van der Waals surface area contributed by atoms with E-state index in [-0.39, 0.29) is 29.8 Å². The average Bonchev–Trinajstić information content (AvgIpc) is 2.91. The molecule has 1 saturated heterocycles. The third-order valence-electron chi connectivity index (χ3n) is 5.31. The third kappa shape index (κ3) is 3.98. The molecule has 1 fully saturated rings. The maximum Gasteiger partial charge on any atom is 0.243 e. The fraction of sp³-hybridized carbons (Fsp3) is 0.476. The van der Waals surface area contributed by atoms with Crippen LogP contribution in [-0.4, -0.2) is 28.7 Å². The highest BCUT2D eigenvalue weighted by atomic mass is 19.1. The molecule has 3 rings (SSSR count). The molecule has 3 amide bonds. The minimum absolute atomic E-state index is 0.00795. The van der Waals surface area contributed by atoms with Gasteiger partial charge in [0.1, 0.15) is 17.7 Å². The Morgan fingerprint density at radius 3 is 2.32 bits per heavy atom. The molecule has 0 bridgehead atoms. The van der Waals surface area contributed by atoms with Crippen molar-refractivity contribution in [3.05, 3.63) is 47.5 Å². The molecule has 1 aromatic rings. The van der Waals surface area contributed by atoms with Crippen molar-refractivity contribution < 1.29 is 23.2 Å². The Kier molecular flexibility index (Phi) is 5.91. The number of nitrogens with zero attached hydrogens (tertiary/aromatic N) is 1. The van der Waals surface area contributed by atoms with Crippen LogP contribution in [0.3, 0.4) is 0 Å². The van der Waals surface area contributed by atoms with Crippen LogP contribution in [0.1, 0.15) is 38.7 Å². The van der Waals surface area contributed by atoms with Gasteiger partial charge in [-0.3, -0.25) is 19.3 Å². The van der Waals surface area contributed by atoms with Gasteiger partial charge in [-0.15, -0.1) is 0 Å². The van der Waals surface area contributed by atoms with Crippen LogP contribution in [0.5, 0.6) is 0 Å². The number of carbonyl (C=O) groups is 3. The van der Waals surface area contributed by atoms with Crippen molar-refractivity contribution in [3.63, 3.8) is 0 Å². The van der Waals surface area contributed by atoms with E-state index in [2.05, 4.69) is 5.32 Å². The van der Waals surface area contributed by atoms with Gasteiger partial charge in [-0.05, 0) is 43.4 Å². The fourth-order valence-electron chi connectivity index (χ4n) is 3.89. The van der Waals surface area contributed by atoms with Gasteiger partial charge >= 0.3 is 0 Å². The van der Waals surface area contributed by atoms with Crippen molar-refractivity contribution in [3.8, 4) is 0 Å². The van der Waals surface area contributed by atoms with E-state index in [1.165, 1.54) is 0 Å². The number of halogens is 2. The first-order chi connectivity index (χ1) is 13.3. The topological polar surface area (TPSA) is 66.5 Å². The predicted molar refractivity (Wildman–Crippen MR) is 98.7 cm³/mol. The standard InChI is InChI=1S/C21H24F2N2O3/c1-12(2)9-18(19(26)24-11-13-10-14(22)7-8-17(13)23)25-20(27)15-5-3-4-6-16(15)21(25)28/h3-4,7-8,10,12,15-16,18H,5-6,9,11H2,1-2H3,(H,24,26). The van der Waals surface area contributed by atoms with E-state index in [4.69, 9.17) is 0 Å². The molecule has 2 aliphatic rings. The zero-order chi connectivity index (χ0) is 20.4. The zero-order valence-corrected chi connectivity index (χ0v) is 16.0. The van der Waals surface area contributed by atoms with Gasteiger partial charge in [0.15, 0.2) is 0 Å². The molecule has 1 aliphatic heterocycles. The van der Waals surface area contributed by atoms with Gasteiger partial charge < -0.3 is 5.32 Å². The van der Waals surface area contributed by atoms with Gasteiger partial charge in [0.2, 0.25) is 17.7 Å². The molecule has 1 heterocycles. The van der Waals surface area contributed by atoms with Crippen LogP contribution in [0.4, 0.5) is 8.78 Å². The summed E-state index contributed by atoms with van der Waals surface area (Å²) in [6.07, 6.45) is 5.08. The lowest BCUT2D eigenvalue weighted by atomic mass is 9.85. The summed E-state index contributed by atoms with van der Waals surface area (Å²) in [5, 5.41) is 2.56. The molecule has 150 valence electrons. The van der Waals surface area contributed by atoms with Gasteiger partial charge in [0.25, 0.3) is 0 Å². The van der Waals surface area contributed by atoms with Crippen LogP contribution >= 0.6 is 0 Å². The smallest absolute Gasteiger partial charge is 0.243 e. The molecular formula is C21H24F2N2O3. The van der Waals surface area contributed by atoms with E-state index in [9.17, 15) is 23.2 Å². The number of carbonyl (C=O) groups excluding carboxylic acids is 3. The number of hydrogen-bond acceptors (Lipinski definition) is 3. The second kappa shape index (κ2) is 8.20. The highest BCUT2D eigenvalue weighted by Crippen LogP contribution is 2.37. The van der Waals surface area contributed by atoms with Gasteiger partial charge in [0.05, 0.1) is 11.8 Å². The van der Waals surface area contributed by atoms with Gasteiger partial charge in [-0.1, -0.05) is 26.0 Å². The van der Waals surface area contributed by atoms with Crippen LogP contribution in [-0.2, 0) is 20.9 Å². The lowest BCUT2D eigenvalue weighted by Crippen LogP contribution is -2.50. The van der Waals surface area contributed by atoms with Gasteiger partial charge in [-0.25, -0.2) is 8.78 Å². The molecule has 1 aliphatic carbocycles. The van der Waals surface area contributed by atoms with Crippen LogP contribution < -0.4 is 5.32 Å². The molecule has 7 heteroatoms. The summed E-state index contributed by atoms with van der Waals surface area (Å²) in [7, 11) is 0. The summed E-state index contributed by atoms with van der Waals surface area (Å²) < 4.78 is 27.2. The summed E-state index contributed by atoms with van der Waals surface area (Å²) in [6, 6.07) is 2.05. The Morgan fingerprint density at radius 1 is 1.14 bits per heavy atom. The zero-order valence-electron chi connectivity index (χ0n) is 16.0. The number of rotatable bonds is 6. The summed E-state index contributed by atoms with van der Waals surface area (Å²) in [6.45, 7) is 3.57. The van der Waals surface area contributed by atoms with Crippen molar-refractivity contribution in [2.75, 3.05) is 0 Å². The number of nitrogens with one attached hydrogen (secondary N) is 1. The third-order valence-corrected chi connectivity index (χ3v) is 5.31. The Balaban J connectivity index is 1.78. The van der Waals surface area contributed by atoms with Crippen molar-refractivity contribution in [1.82, 2.24) is 10.2 Å². The molecule has 0 radical (unpaired) electrons. The van der Waals surface area contributed by atoms with Crippen LogP contribution in [0, 0.1) is 29.4 Å². The lowest BCUT2D eigenvalue weighted by Gasteiger charge is -2.27. The van der Waals surface area contributed by atoms with Gasteiger partial charge in [-0.2, -0.15) is 0 Å². The van der Waals surface area contributed by atoms with Crippen molar-refractivity contribution >= 4 is 17.7 Å². The van der Waals surface area contributed by atoms with E-state index in [1.54, 1.807) is 0 Å². The van der Waals surface area contributed by atoms with Crippen molar-refractivity contribution in [2.24, 2.45) is 17.8 Å². The van der Waals surface area contributed by atoms with Crippen molar-refractivity contribution in [1.29, 1.82) is 0 Å². The van der Waals surface area contributed by atoms with Crippen LogP contribution in [0.15, 0.2) is 30.4 Å². The van der Waals surface area contributed by atoms with E-state index >= 15 is 0 Å². The van der Waals surface area contributed by atoms with Gasteiger partial charge in [0, 0.05) is 12.1 Å². The normalized spacial score (nSPS) is 22.5. The largest absolute Gasteiger partial charge is 0.350 e. The number of allylic oxidation sites excluding steroid dienone is 2. The minimum Gasteiger partial charge on any atom is -0.350 e. The second-order valence-corrected chi connectivity index (χ2v) is 7.80. The molecule has 3 unspecified atom stereocenters. The number of fused-ring (bicyclic) bond motifs is 1. The number of benzene rings is 1.